The summed E-state index contributed by atoms with van der Waals surface area (Å²) in [5, 5.41) is 0. The molecule has 3 rings (SSSR count). The molecule has 0 aromatic rings. The van der Waals surface area contributed by atoms with E-state index < -0.39 is 0 Å². The van der Waals surface area contributed by atoms with Crippen molar-refractivity contribution in [1.29, 1.82) is 0 Å². The zero-order valence-corrected chi connectivity index (χ0v) is 8.58. The lowest BCUT2D eigenvalue weighted by Gasteiger charge is -2.40. The lowest BCUT2D eigenvalue weighted by atomic mass is 9.83. The van der Waals surface area contributed by atoms with Crippen molar-refractivity contribution in [3.63, 3.8) is 0 Å². The molecule has 2 saturated carbocycles. The van der Waals surface area contributed by atoms with Crippen molar-refractivity contribution >= 4 is 6.29 Å². The highest BCUT2D eigenvalue weighted by atomic mass is 16.5. The first-order chi connectivity index (χ1) is 6.85. The highest BCUT2D eigenvalue weighted by molar-refractivity contribution is 5.56. The Kier molecular flexibility index (Phi) is 1.94. The predicted molar refractivity (Wildman–Crippen MR) is 53.0 cm³/mol. The molecule has 0 aromatic carbocycles. The zero-order valence-electron chi connectivity index (χ0n) is 8.58. The average molecular weight is 194 g/mol. The molecule has 14 heavy (non-hydrogen) atoms. The standard InChI is InChI=1S/C12H18O2/c13-8-11-2-1-7-12(14-11,9-3-4-9)10-5-6-10/h8-11H,1-7H2. The monoisotopic (exact) mass is 194 g/mol. The maximum Gasteiger partial charge on any atom is 0.148 e. The van der Waals surface area contributed by atoms with Gasteiger partial charge >= 0.3 is 0 Å². The molecule has 1 saturated heterocycles. The van der Waals surface area contributed by atoms with Gasteiger partial charge in [0.2, 0.25) is 0 Å². The first kappa shape index (κ1) is 8.90. The van der Waals surface area contributed by atoms with Crippen LogP contribution in [0.4, 0.5) is 0 Å². The normalized spacial score (nSPS) is 36.7. The number of ether oxygens (including phenoxy) is 1. The van der Waals surface area contributed by atoms with E-state index in [2.05, 4.69) is 0 Å². The fourth-order valence-electron chi connectivity index (χ4n) is 3.15. The lowest BCUT2D eigenvalue weighted by Crippen LogP contribution is -2.45. The molecule has 0 N–H and O–H groups in total. The van der Waals surface area contributed by atoms with Crippen molar-refractivity contribution in [2.45, 2.75) is 56.7 Å². The van der Waals surface area contributed by atoms with E-state index in [1.54, 1.807) is 0 Å². The van der Waals surface area contributed by atoms with Gasteiger partial charge in [0.1, 0.15) is 12.4 Å². The number of carbonyl (C=O) groups is 1. The molecule has 0 amide bonds. The Morgan fingerprint density at radius 1 is 1.07 bits per heavy atom. The van der Waals surface area contributed by atoms with Crippen molar-refractivity contribution in [3.05, 3.63) is 0 Å². The van der Waals surface area contributed by atoms with Gasteiger partial charge in [0.25, 0.3) is 0 Å². The summed E-state index contributed by atoms with van der Waals surface area (Å²) in [6.45, 7) is 0. The van der Waals surface area contributed by atoms with Crippen molar-refractivity contribution in [3.8, 4) is 0 Å². The summed E-state index contributed by atoms with van der Waals surface area (Å²) >= 11 is 0. The Morgan fingerprint density at radius 3 is 2.21 bits per heavy atom. The van der Waals surface area contributed by atoms with E-state index in [0.717, 1.165) is 24.5 Å². The van der Waals surface area contributed by atoms with Crippen LogP contribution in [-0.4, -0.2) is 18.0 Å². The van der Waals surface area contributed by atoms with Gasteiger partial charge in [0, 0.05) is 0 Å². The number of aldehydes is 1. The summed E-state index contributed by atoms with van der Waals surface area (Å²) in [5.74, 6) is 1.58. The number of hydrogen-bond acceptors (Lipinski definition) is 2. The largest absolute Gasteiger partial charge is 0.364 e. The molecule has 1 aliphatic heterocycles. The molecule has 3 aliphatic rings. The lowest BCUT2D eigenvalue weighted by molar-refractivity contribution is -0.160. The summed E-state index contributed by atoms with van der Waals surface area (Å²) in [4.78, 5) is 10.8. The summed E-state index contributed by atoms with van der Waals surface area (Å²) < 4.78 is 6.10. The average Bonchev–Trinajstić information content (AvgIpc) is 3.08. The topological polar surface area (TPSA) is 26.3 Å². The molecular formula is C12H18O2. The molecule has 1 unspecified atom stereocenters. The maximum absolute atomic E-state index is 10.8. The molecule has 1 heterocycles. The van der Waals surface area contributed by atoms with Crippen LogP contribution in [0.15, 0.2) is 0 Å². The summed E-state index contributed by atoms with van der Waals surface area (Å²) in [6, 6.07) is 0. The number of hydrogen-bond donors (Lipinski definition) is 0. The van der Waals surface area contributed by atoms with Gasteiger partial charge in [-0.2, -0.15) is 0 Å². The maximum atomic E-state index is 10.8. The number of carbonyl (C=O) groups excluding carboxylic acids is 1. The van der Waals surface area contributed by atoms with E-state index in [-0.39, 0.29) is 11.7 Å². The minimum atomic E-state index is -0.0926. The van der Waals surface area contributed by atoms with Crippen molar-refractivity contribution in [2.24, 2.45) is 11.8 Å². The molecule has 0 bridgehead atoms. The van der Waals surface area contributed by atoms with Crippen LogP contribution in [0.3, 0.4) is 0 Å². The van der Waals surface area contributed by atoms with E-state index in [4.69, 9.17) is 4.74 Å². The number of rotatable bonds is 3. The zero-order chi connectivity index (χ0) is 9.60. The van der Waals surface area contributed by atoms with Crippen LogP contribution in [0, 0.1) is 11.8 Å². The van der Waals surface area contributed by atoms with Crippen molar-refractivity contribution < 1.29 is 9.53 Å². The fraction of sp³-hybridized carbons (Fsp3) is 0.917. The second-order valence-electron chi connectivity index (χ2n) is 5.19. The molecular weight excluding hydrogens is 176 g/mol. The van der Waals surface area contributed by atoms with Gasteiger partial charge in [0.15, 0.2) is 0 Å². The van der Waals surface area contributed by atoms with E-state index in [1.165, 1.54) is 38.5 Å². The van der Waals surface area contributed by atoms with E-state index in [1.807, 2.05) is 0 Å². The highest BCUT2D eigenvalue weighted by Gasteiger charge is 2.56. The smallest absolute Gasteiger partial charge is 0.148 e. The molecule has 0 aromatic heterocycles. The Bertz CT molecular complexity index is 229. The van der Waals surface area contributed by atoms with Crippen molar-refractivity contribution in [1.82, 2.24) is 0 Å². The van der Waals surface area contributed by atoms with Crippen LogP contribution in [0.5, 0.6) is 0 Å². The van der Waals surface area contributed by atoms with Gasteiger partial charge in [-0.3, -0.25) is 0 Å². The van der Waals surface area contributed by atoms with Gasteiger partial charge in [-0.05, 0) is 56.8 Å². The van der Waals surface area contributed by atoms with E-state index >= 15 is 0 Å². The van der Waals surface area contributed by atoms with Gasteiger partial charge in [-0.15, -0.1) is 0 Å². The van der Waals surface area contributed by atoms with Gasteiger partial charge in [-0.25, -0.2) is 0 Å². The second kappa shape index (κ2) is 3.06. The Hall–Kier alpha value is -0.370. The van der Waals surface area contributed by atoms with Crippen LogP contribution in [0.2, 0.25) is 0 Å². The molecule has 1 atom stereocenters. The Morgan fingerprint density at radius 2 is 1.71 bits per heavy atom. The third-order valence-electron chi connectivity index (χ3n) is 4.12. The van der Waals surface area contributed by atoms with E-state index in [0.29, 0.717) is 0 Å². The second-order valence-corrected chi connectivity index (χ2v) is 5.19. The first-order valence-corrected chi connectivity index (χ1v) is 5.98. The molecule has 2 nitrogen and oxygen atoms in total. The van der Waals surface area contributed by atoms with Crippen LogP contribution in [-0.2, 0) is 9.53 Å². The van der Waals surface area contributed by atoms with Crippen LogP contribution in [0.1, 0.15) is 44.9 Å². The van der Waals surface area contributed by atoms with E-state index in [9.17, 15) is 4.79 Å². The van der Waals surface area contributed by atoms with Crippen LogP contribution < -0.4 is 0 Å². The SMILES string of the molecule is O=CC1CCCC(C2CC2)(C2CC2)O1. The summed E-state index contributed by atoms with van der Waals surface area (Å²) in [5.41, 5.74) is 0.143. The third-order valence-corrected chi connectivity index (χ3v) is 4.12. The molecule has 2 aliphatic carbocycles. The molecule has 2 heteroatoms. The summed E-state index contributed by atoms with van der Waals surface area (Å²) in [6.07, 6.45) is 9.62. The molecule has 0 spiro atoms. The van der Waals surface area contributed by atoms with Gasteiger partial charge in [-0.1, -0.05) is 0 Å². The minimum Gasteiger partial charge on any atom is -0.364 e. The molecule has 78 valence electrons. The quantitative estimate of drug-likeness (QED) is 0.644. The summed E-state index contributed by atoms with van der Waals surface area (Å²) in [7, 11) is 0. The van der Waals surface area contributed by atoms with Crippen LogP contribution in [0.25, 0.3) is 0 Å². The van der Waals surface area contributed by atoms with Gasteiger partial charge < -0.3 is 9.53 Å². The molecule has 3 fully saturated rings. The highest BCUT2D eigenvalue weighted by Crippen LogP contribution is 2.58. The minimum absolute atomic E-state index is 0.0926. The fourth-order valence-corrected chi connectivity index (χ4v) is 3.15. The Balaban J connectivity index is 1.79. The Labute approximate surface area is 85.0 Å². The molecule has 0 radical (unpaired) electrons. The van der Waals surface area contributed by atoms with Crippen LogP contribution >= 0.6 is 0 Å². The third kappa shape index (κ3) is 1.31. The first-order valence-electron chi connectivity index (χ1n) is 5.98. The van der Waals surface area contributed by atoms with Crippen molar-refractivity contribution in [2.75, 3.05) is 0 Å². The van der Waals surface area contributed by atoms with Gasteiger partial charge in [0.05, 0.1) is 5.60 Å². The predicted octanol–water partition coefficient (Wildman–Crippen LogP) is 2.31.